The van der Waals surface area contributed by atoms with Crippen LogP contribution in [0.25, 0.3) is 0 Å². The molecule has 0 radical (unpaired) electrons. The van der Waals surface area contributed by atoms with Crippen LogP contribution in [0.5, 0.6) is 0 Å². The monoisotopic (exact) mass is 296 g/mol. The minimum Gasteiger partial charge on any atom is -0.381 e. The zero-order valence-electron chi connectivity index (χ0n) is 13.8. The number of nitrogens with two attached hydrogens (primary N) is 1. The molecule has 21 heavy (non-hydrogen) atoms. The van der Waals surface area contributed by atoms with E-state index in [1.807, 2.05) is 0 Å². The van der Waals surface area contributed by atoms with E-state index < -0.39 is 0 Å². The van der Waals surface area contributed by atoms with Gasteiger partial charge in [0.2, 0.25) is 5.91 Å². The van der Waals surface area contributed by atoms with E-state index in [1.165, 1.54) is 25.7 Å². The Bertz CT molecular complexity index is 332. The van der Waals surface area contributed by atoms with Crippen LogP contribution in [0.1, 0.15) is 58.8 Å². The van der Waals surface area contributed by atoms with E-state index in [0.717, 1.165) is 25.8 Å². The highest BCUT2D eigenvalue weighted by Gasteiger charge is 2.43. The maximum Gasteiger partial charge on any atom is 0.230 e. The van der Waals surface area contributed by atoms with Crippen LogP contribution in [-0.4, -0.2) is 43.2 Å². The summed E-state index contributed by atoms with van der Waals surface area (Å²) in [5.41, 5.74) is 5.67. The number of hydrogen-bond donors (Lipinski definition) is 1. The third-order valence-electron chi connectivity index (χ3n) is 5.27. The minimum atomic E-state index is -0.363. The second kappa shape index (κ2) is 7.59. The molecule has 2 rings (SSSR count). The Labute approximate surface area is 129 Å². The summed E-state index contributed by atoms with van der Waals surface area (Å²) in [6.07, 6.45) is 7.51. The fourth-order valence-corrected chi connectivity index (χ4v) is 3.64. The van der Waals surface area contributed by atoms with Crippen molar-refractivity contribution in [3.05, 3.63) is 0 Å². The van der Waals surface area contributed by atoms with Crippen LogP contribution in [0.3, 0.4) is 0 Å². The van der Waals surface area contributed by atoms with Gasteiger partial charge >= 0.3 is 0 Å². The molecule has 0 bridgehead atoms. The van der Waals surface area contributed by atoms with Crippen LogP contribution in [-0.2, 0) is 9.53 Å². The van der Waals surface area contributed by atoms with Gasteiger partial charge in [-0.2, -0.15) is 0 Å². The second-order valence-electron chi connectivity index (χ2n) is 7.22. The van der Waals surface area contributed by atoms with Crippen molar-refractivity contribution in [2.45, 2.75) is 64.8 Å². The van der Waals surface area contributed by atoms with Crippen LogP contribution >= 0.6 is 0 Å². The summed E-state index contributed by atoms with van der Waals surface area (Å²) in [5.74, 6) is 0.936. The van der Waals surface area contributed by atoms with Gasteiger partial charge in [0, 0.05) is 32.3 Å². The number of nitrogens with zero attached hydrogens (tertiary/aromatic N) is 1. The lowest BCUT2D eigenvalue weighted by atomic mass is 9.78. The molecule has 0 aromatic carbocycles. The minimum absolute atomic E-state index is 0.306. The number of carbonyl (C=O) groups excluding carboxylic acids is 1. The van der Waals surface area contributed by atoms with E-state index in [4.69, 9.17) is 10.5 Å². The lowest BCUT2D eigenvalue weighted by molar-refractivity contribution is -0.149. The zero-order chi connectivity index (χ0) is 15.3. The third kappa shape index (κ3) is 3.98. The molecule has 4 heteroatoms. The molecule has 2 fully saturated rings. The van der Waals surface area contributed by atoms with Crippen LogP contribution in [0.4, 0.5) is 0 Å². The number of hydrogen-bond acceptors (Lipinski definition) is 3. The van der Waals surface area contributed by atoms with E-state index in [-0.39, 0.29) is 5.41 Å². The maximum absolute atomic E-state index is 13.2. The van der Waals surface area contributed by atoms with Crippen molar-refractivity contribution in [1.29, 1.82) is 0 Å². The first-order valence-corrected chi connectivity index (χ1v) is 8.68. The van der Waals surface area contributed by atoms with Crippen molar-refractivity contribution in [3.8, 4) is 0 Å². The normalized spacial score (nSPS) is 22.7. The molecule has 0 aromatic heterocycles. The Hall–Kier alpha value is -0.610. The molecule has 2 N–H and O–H groups in total. The lowest BCUT2D eigenvalue weighted by Crippen LogP contribution is -2.53. The van der Waals surface area contributed by atoms with E-state index in [9.17, 15) is 4.79 Å². The fraction of sp³-hybridized carbons (Fsp3) is 0.941. The van der Waals surface area contributed by atoms with Crippen LogP contribution in [0.15, 0.2) is 0 Å². The quantitative estimate of drug-likeness (QED) is 0.819. The molecule has 1 saturated heterocycles. The molecule has 0 unspecified atom stereocenters. The standard InChI is InChI=1S/C17H32N2O2/c1-14(2)7-10-19(15-5-3-4-6-15)16(20)17(13-18)8-11-21-12-9-17/h14-15H,3-13,18H2,1-2H3. The molecule has 2 aliphatic rings. The summed E-state index contributed by atoms with van der Waals surface area (Å²) in [6, 6.07) is 0.447. The summed E-state index contributed by atoms with van der Waals surface area (Å²) < 4.78 is 5.45. The molecule has 4 nitrogen and oxygen atoms in total. The second-order valence-corrected chi connectivity index (χ2v) is 7.22. The van der Waals surface area contributed by atoms with Gasteiger partial charge in [-0.05, 0) is 38.0 Å². The molecule has 0 atom stereocenters. The number of amides is 1. The summed E-state index contributed by atoms with van der Waals surface area (Å²) in [7, 11) is 0. The van der Waals surface area contributed by atoms with Crippen LogP contribution < -0.4 is 5.73 Å². The predicted octanol–water partition coefficient (Wildman–Crippen LogP) is 2.56. The first-order valence-electron chi connectivity index (χ1n) is 8.68. The van der Waals surface area contributed by atoms with Gasteiger partial charge in [0.1, 0.15) is 0 Å². The van der Waals surface area contributed by atoms with Crippen molar-refractivity contribution in [2.75, 3.05) is 26.3 Å². The largest absolute Gasteiger partial charge is 0.381 e. The van der Waals surface area contributed by atoms with E-state index in [2.05, 4.69) is 18.7 Å². The van der Waals surface area contributed by atoms with Crippen molar-refractivity contribution in [3.63, 3.8) is 0 Å². The highest BCUT2D eigenvalue weighted by atomic mass is 16.5. The Morgan fingerprint density at radius 1 is 1.29 bits per heavy atom. The highest BCUT2D eigenvalue weighted by Crippen LogP contribution is 2.35. The average Bonchev–Trinajstić information content (AvgIpc) is 3.02. The molecule has 122 valence electrons. The average molecular weight is 296 g/mol. The van der Waals surface area contributed by atoms with Gasteiger partial charge in [-0.3, -0.25) is 4.79 Å². The van der Waals surface area contributed by atoms with Gasteiger partial charge in [0.05, 0.1) is 5.41 Å². The van der Waals surface area contributed by atoms with E-state index in [0.29, 0.717) is 37.6 Å². The predicted molar refractivity (Wildman–Crippen MR) is 85.0 cm³/mol. The van der Waals surface area contributed by atoms with Gasteiger partial charge in [-0.15, -0.1) is 0 Å². The summed E-state index contributed by atoms with van der Waals surface area (Å²) in [5, 5.41) is 0. The van der Waals surface area contributed by atoms with Crippen molar-refractivity contribution >= 4 is 5.91 Å². The third-order valence-corrected chi connectivity index (χ3v) is 5.27. The van der Waals surface area contributed by atoms with Crippen molar-refractivity contribution in [1.82, 2.24) is 4.90 Å². The molecule has 1 saturated carbocycles. The Morgan fingerprint density at radius 2 is 1.90 bits per heavy atom. The van der Waals surface area contributed by atoms with Gasteiger partial charge in [-0.1, -0.05) is 26.7 Å². The van der Waals surface area contributed by atoms with Gasteiger partial charge in [-0.25, -0.2) is 0 Å². The van der Waals surface area contributed by atoms with Crippen molar-refractivity contribution < 1.29 is 9.53 Å². The molecule has 0 spiro atoms. The number of ether oxygens (including phenoxy) is 1. The van der Waals surface area contributed by atoms with Crippen LogP contribution in [0, 0.1) is 11.3 Å². The van der Waals surface area contributed by atoms with Crippen LogP contribution in [0.2, 0.25) is 0 Å². The number of rotatable bonds is 6. The SMILES string of the molecule is CC(C)CCN(C(=O)C1(CN)CCOCC1)C1CCCC1. The topological polar surface area (TPSA) is 55.6 Å². The summed E-state index contributed by atoms with van der Waals surface area (Å²) >= 11 is 0. The molecular weight excluding hydrogens is 264 g/mol. The van der Waals surface area contributed by atoms with E-state index >= 15 is 0 Å². The Morgan fingerprint density at radius 3 is 2.43 bits per heavy atom. The van der Waals surface area contributed by atoms with Gasteiger partial charge in [0.15, 0.2) is 0 Å². The zero-order valence-corrected chi connectivity index (χ0v) is 13.8. The molecule has 1 amide bonds. The Kier molecular flexibility index (Phi) is 6.06. The number of carbonyl (C=O) groups is 1. The molecule has 1 aliphatic heterocycles. The summed E-state index contributed by atoms with van der Waals surface area (Å²) in [6.45, 7) is 7.15. The molecular formula is C17H32N2O2. The highest BCUT2D eigenvalue weighted by molar-refractivity contribution is 5.83. The smallest absolute Gasteiger partial charge is 0.230 e. The van der Waals surface area contributed by atoms with E-state index in [1.54, 1.807) is 0 Å². The maximum atomic E-state index is 13.2. The molecule has 1 aliphatic carbocycles. The fourth-order valence-electron chi connectivity index (χ4n) is 3.64. The lowest BCUT2D eigenvalue weighted by Gasteiger charge is -2.41. The van der Waals surface area contributed by atoms with Gasteiger partial charge in [0.25, 0.3) is 0 Å². The van der Waals surface area contributed by atoms with Crippen molar-refractivity contribution in [2.24, 2.45) is 17.1 Å². The first kappa shape index (κ1) is 16.8. The van der Waals surface area contributed by atoms with Gasteiger partial charge < -0.3 is 15.4 Å². The first-order chi connectivity index (χ1) is 10.1. The molecule has 1 heterocycles. The Balaban J connectivity index is 2.11. The summed E-state index contributed by atoms with van der Waals surface area (Å²) in [4.78, 5) is 15.4. The molecule has 0 aromatic rings.